The molecule has 0 amide bonds. The molecule has 0 radical (unpaired) electrons. The van der Waals surface area contributed by atoms with Crippen molar-refractivity contribution in [1.82, 2.24) is 9.55 Å². The molecular formula is C12H11FN2O3. The highest BCUT2D eigenvalue weighted by Gasteiger charge is 2.15. The van der Waals surface area contributed by atoms with Gasteiger partial charge in [0.05, 0.1) is 5.69 Å². The monoisotopic (exact) mass is 250 g/mol. The maximum absolute atomic E-state index is 13.3. The van der Waals surface area contributed by atoms with Crippen molar-refractivity contribution in [1.29, 1.82) is 0 Å². The lowest BCUT2D eigenvalue weighted by molar-refractivity contribution is 0.386. The normalized spacial score (nSPS) is 10.6. The third kappa shape index (κ3) is 1.81. The Morgan fingerprint density at radius 3 is 2.50 bits per heavy atom. The molecule has 2 aromatic rings. The van der Waals surface area contributed by atoms with Gasteiger partial charge in [-0.05, 0) is 37.1 Å². The lowest BCUT2D eigenvalue weighted by Gasteiger charge is -2.09. The fourth-order valence-electron chi connectivity index (χ4n) is 1.61. The molecule has 0 aliphatic carbocycles. The van der Waals surface area contributed by atoms with E-state index in [4.69, 9.17) is 0 Å². The van der Waals surface area contributed by atoms with Crippen LogP contribution in [-0.4, -0.2) is 14.7 Å². The molecule has 94 valence electrons. The minimum atomic E-state index is -1.38. The van der Waals surface area contributed by atoms with Crippen LogP contribution < -0.4 is 11.2 Å². The number of nitrogens with one attached hydrogen (secondary N) is 1. The highest BCUT2D eigenvalue weighted by atomic mass is 19.1. The Hall–Kier alpha value is -2.37. The Balaban J connectivity index is 2.79. The van der Waals surface area contributed by atoms with Gasteiger partial charge in [-0.2, -0.15) is 4.39 Å². The average Bonchev–Trinajstić information content (AvgIpc) is 2.31. The second-order valence-corrected chi connectivity index (χ2v) is 4.00. The first-order chi connectivity index (χ1) is 8.41. The number of nitrogens with zero attached hydrogens (tertiary/aromatic N) is 1. The Bertz CT molecular complexity index is 731. The Kier molecular flexibility index (Phi) is 2.78. The average molecular weight is 250 g/mol. The fraction of sp³-hybridized carbons (Fsp3) is 0.167. The molecule has 0 spiro atoms. The van der Waals surface area contributed by atoms with Crippen LogP contribution in [0.2, 0.25) is 0 Å². The molecule has 0 atom stereocenters. The second-order valence-electron chi connectivity index (χ2n) is 4.00. The molecular weight excluding hydrogens is 239 g/mol. The van der Waals surface area contributed by atoms with Gasteiger partial charge >= 0.3 is 5.69 Å². The van der Waals surface area contributed by atoms with E-state index in [0.29, 0.717) is 4.57 Å². The summed E-state index contributed by atoms with van der Waals surface area (Å²) < 4.78 is 14.0. The number of hydrogen-bond acceptors (Lipinski definition) is 3. The van der Waals surface area contributed by atoms with Gasteiger partial charge in [0, 0.05) is 0 Å². The minimum absolute atomic E-state index is 0.288. The first kappa shape index (κ1) is 12.1. The molecule has 2 N–H and O–H groups in total. The molecule has 1 aromatic heterocycles. The van der Waals surface area contributed by atoms with Gasteiger partial charge in [0.2, 0.25) is 11.7 Å². The Morgan fingerprint density at radius 1 is 1.22 bits per heavy atom. The molecule has 0 aliphatic rings. The zero-order valence-corrected chi connectivity index (χ0v) is 9.82. The predicted molar refractivity (Wildman–Crippen MR) is 63.8 cm³/mol. The fourth-order valence-corrected chi connectivity index (χ4v) is 1.61. The number of hydrogen-bond donors (Lipinski definition) is 2. The van der Waals surface area contributed by atoms with Gasteiger partial charge in [-0.1, -0.05) is 6.07 Å². The smallest absolute Gasteiger partial charge is 0.335 e. The van der Waals surface area contributed by atoms with Crippen LogP contribution in [0.3, 0.4) is 0 Å². The molecule has 1 heterocycles. The minimum Gasteiger partial charge on any atom is -0.492 e. The standard InChI is InChI=1S/C12H11FN2O3/c1-6-3-4-8(5-7(6)2)15-11(17)9(13)10(16)14-12(15)18/h3-5,17H,1-2H3,(H,14,16,18). The third-order valence-electron chi connectivity index (χ3n) is 2.78. The SMILES string of the molecule is Cc1ccc(-n2c(O)c(F)c(=O)[nH]c2=O)cc1C. The quantitative estimate of drug-likeness (QED) is 0.792. The third-order valence-corrected chi connectivity index (χ3v) is 2.78. The van der Waals surface area contributed by atoms with Gasteiger partial charge in [-0.15, -0.1) is 0 Å². The maximum Gasteiger partial charge on any atom is 0.335 e. The van der Waals surface area contributed by atoms with E-state index in [2.05, 4.69) is 0 Å². The summed E-state index contributed by atoms with van der Waals surface area (Å²) in [7, 11) is 0. The summed E-state index contributed by atoms with van der Waals surface area (Å²) in [6.45, 7) is 3.71. The van der Waals surface area contributed by atoms with E-state index < -0.39 is 22.9 Å². The van der Waals surface area contributed by atoms with Gasteiger partial charge in [0.15, 0.2) is 0 Å². The van der Waals surface area contributed by atoms with Gasteiger partial charge in [0.1, 0.15) is 0 Å². The van der Waals surface area contributed by atoms with E-state index in [0.717, 1.165) is 11.1 Å². The number of aromatic hydroxyl groups is 1. The summed E-state index contributed by atoms with van der Waals surface area (Å²) >= 11 is 0. The number of aromatic amines is 1. The molecule has 0 aliphatic heterocycles. The zero-order valence-electron chi connectivity index (χ0n) is 9.82. The van der Waals surface area contributed by atoms with E-state index in [9.17, 15) is 19.1 Å². The molecule has 2 rings (SSSR count). The lowest BCUT2D eigenvalue weighted by Crippen LogP contribution is -2.30. The first-order valence-corrected chi connectivity index (χ1v) is 5.23. The van der Waals surface area contributed by atoms with Gasteiger partial charge in [0.25, 0.3) is 5.56 Å². The highest BCUT2D eigenvalue weighted by Crippen LogP contribution is 2.17. The van der Waals surface area contributed by atoms with Crippen molar-refractivity contribution in [2.45, 2.75) is 13.8 Å². The van der Waals surface area contributed by atoms with E-state index in [1.54, 1.807) is 23.2 Å². The summed E-state index contributed by atoms with van der Waals surface area (Å²) in [6, 6.07) is 4.91. The van der Waals surface area contributed by atoms with E-state index in [1.165, 1.54) is 0 Å². The second kappa shape index (κ2) is 4.14. The van der Waals surface area contributed by atoms with Crippen LogP contribution in [0.4, 0.5) is 4.39 Å². The predicted octanol–water partition coefficient (Wildman–Crippen LogP) is 0.987. The van der Waals surface area contributed by atoms with Crippen LogP contribution in [0.15, 0.2) is 27.8 Å². The lowest BCUT2D eigenvalue weighted by atomic mass is 10.1. The number of aryl methyl sites for hydroxylation is 2. The van der Waals surface area contributed by atoms with E-state index in [1.807, 2.05) is 13.8 Å². The molecule has 18 heavy (non-hydrogen) atoms. The summed E-state index contributed by atoms with van der Waals surface area (Å²) in [5, 5.41) is 9.54. The maximum atomic E-state index is 13.3. The van der Waals surface area contributed by atoms with Gasteiger partial charge < -0.3 is 5.11 Å². The van der Waals surface area contributed by atoms with Crippen molar-refractivity contribution in [3.05, 3.63) is 56.0 Å². The number of aromatic nitrogens is 2. The highest BCUT2D eigenvalue weighted by molar-refractivity contribution is 5.41. The van der Waals surface area contributed by atoms with Crippen LogP contribution in [0.5, 0.6) is 5.88 Å². The summed E-state index contributed by atoms with van der Waals surface area (Å²) in [5.41, 5.74) is 0.0390. The van der Waals surface area contributed by atoms with Crippen LogP contribution in [0.25, 0.3) is 5.69 Å². The molecule has 0 unspecified atom stereocenters. The molecule has 1 aromatic carbocycles. The summed E-state index contributed by atoms with van der Waals surface area (Å²) in [6.07, 6.45) is 0. The number of benzene rings is 1. The molecule has 0 saturated heterocycles. The van der Waals surface area contributed by atoms with Crippen molar-refractivity contribution in [2.75, 3.05) is 0 Å². The van der Waals surface area contributed by atoms with Gasteiger partial charge in [-0.25, -0.2) is 9.36 Å². The first-order valence-electron chi connectivity index (χ1n) is 5.23. The summed E-state index contributed by atoms with van der Waals surface area (Å²) in [4.78, 5) is 24.3. The van der Waals surface area contributed by atoms with Crippen molar-refractivity contribution >= 4 is 0 Å². The van der Waals surface area contributed by atoms with Crippen LogP contribution in [-0.2, 0) is 0 Å². The van der Waals surface area contributed by atoms with E-state index in [-0.39, 0.29) is 5.69 Å². The molecule has 0 saturated carbocycles. The molecule has 0 fully saturated rings. The Labute approximate surface area is 101 Å². The van der Waals surface area contributed by atoms with Gasteiger partial charge in [-0.3, -0.25) is 9.78 Å². The molecule has 0 bridgehead atoms. The largest absolute Gasteiger partial charge is 0.492 e. The number of halogens is 1. The Morgan fingerprint density at radius 2 is 1.89 bits per heavy atom. The molecule has 6 heteroatoms. The van der Waals surface area contributed by atoms with Crippen molar-refractivity contribution < 1.29 is 9.50 Å². The molecule has 5 nitrogen and oxygen atoms in total. The summed E-state index contributed by atoms with van der Waals surface area (Å²) in [5.74, 6) is -2.38. The zero-order chi connectivity index (χ0) is 13.4. The van der Waals surface area contributed by atoms with Crippen molar-refractivity contribution in [3.63, 3.8) is 0 Å². The van der Waals surface area contributed by atoms with Crippen LogP contribution >= 0.6 is 0 Å². The van der Waals surface area contributed by atoms with E-state index >= 15 is 0 Å². The number of H-pyrrole nitrogens is 1. The topological polar surface area (TPSA) is 75.1 Å². The number of rotatable bonds is 1. The van der Waals surface area contributed by atoms with Crippen molar-refractivity contribution in [3.8, 4) is 11.6 Å². The van der Waals surface area contributed by atoms with Crippen molar-refractivity contribution in [2.24, 2.45) is 0 Å². The van der Waals surface area contributed by atoms with Crippen LogP contribution in [0, 0.1) is 19.7 Å². The van der Waals surface area contributed by atoms with Crippen LogP contribution in [0.1, 0.15) is 11.1 Å².